The molecule has 1 aliphatic heterocycles. The largest absolute Gasteiger partial charge is 0.453 e. The van der Waals surface area contributed by atoms with E-state index in [0.29, 0.717) is 19.0 Å². The minimum absolute atomic E-state index is 0. The minimum atomic E-state index is -0.571. The summed E-state index contributed by atoms with van der Waals surface area (Å²) in [6.07, 6.45) is 1.20. The van der Waals surface area contributed by atoms with Gasteiger partial charge in [-0.2, -0.15) is 0 Å². The monoisotopic (exact) mass is 525 g/mol. The van der Waals surface area contributed by atoms with Crippen LogP contribution in [-0.4, -0.2) is 75.8 Å². The third-order valence-corrected chi connectivity index (χ3v) is 4.91. The van der Waals surface area contributed by atoms with Gasteiger partial charge in [-0.05, 0) is 39.1 Å². The Kier molecular flexibility index (Phi) is 10.6. The van der Waals surface area contributed by atoms with E-state index in [4.69, 9.17) is 4.74 Å². The number of piperidine rings is 1. The number of amides is 1. The van der Waals surface area contributed by atoms with E-state index in [1.54, 1.807) is 30.9 Å². The lowest BCUT2D eigenvalue weighted by molar-refractivity contribution is 0.111. The fourth-order valence-electron chi connectivity index (χ4n) is 3.29. The molecule has 1 unspecified atom stereocenters. The van der Waals surface area contributed by atoms with Gasteiger partial charge in [-0.1, -0.05) is 6.07 Å². The summed E-state index contributed by atoms with van der Waals surface area (Å²) < 4.78 is 33.1. The number of hydrogen-bond donors (Lipinski definition) is 2. The zero-order valence-corrected chi connectivity index (χ0v) is 19.6. The van der Waals surface area contributed by atoms with Crippen LogP contribution in [0.25, 0.3) is 0 Å². The Morgan fingerprint density at radius 3 is 2.38 bits per heavy atom. The van der Waals surface area contributed by atoms with Crippen molar-refractivity contribution in [3.05, 3.63) is 35.4 Å². The molecule has 1 aromatic carbocycles. The van der Waals surface area contributed by atoms with Crippen LogP contribution in [0.2, 0.25) is 0 Å². The van der Waals surface area contributed by atoms with Gasteiger partial charge in [-0.3, -0.25) is 4.99 Å². The summed E-state index contributed by atoms with van der Waals surface area (Å²) in [6, 6.07) is 3.53. The predicted molar refractivity (Wildman–Crippen MR) is 120 cm³/mol. The normalized spacial score (nSPS) is 16.2. The number of likely N-dealkylation sites (tertiary alicyclic amines) is 1. The molecule has 1 heterocycles. The van der Waals surface area contributed by atoms with Gasteiger partial charge in [-0.25, -0.2) is 13.6 Å². The molecular formula is C19H30F2IN5O2. The quantitative estimate of drug-likeness (QED) is 0.352. The Hall–Kier alpha value is -1.69. The van der Waals surface area contributed by atoms with Gasteiger partial charge in [0, 0.05) is 38.3 Å². The van der Waals surface area contributed by atoms with E-state index < -0.39 is 17.7 Å². The van der Waals surface area contributed by atoms with E-state index in [9.17, 15) is 13.6 Å². The molecule has 1 amide bonds. The Balaban J connectivity index is 0.00000420. The fourth-order valence-corrected chi connectivity index (χ4v) is 3.29. The zero-order valence-electron chi connectivity index (χ0n) is 17.2. The SMILES string of the molecule is CN=C(NCC(c1c(F)cccc1F)N(C)C)NC1CCN(C(=O)OC)CC1.I. The number of methoxy groups -OCH3 is 1. The number of nitrogens with zero attached hydrogens (tertiary/aromatic N) is 3. The molecule has 1 fully saturated rings. The number of ether oxygens (including phenoxy) is 1. The van der Waals surface area contributed by atoms with Crippen LogP contribution in [0.5, 0.6) is 0 Å². The summed E-state index contributed by atoms with van der Waals surface area (Å²) in [5, 5.41) is 6.47. The van der Waals surface area contributed by atoms with Gasteiger partial charge in [0.05, 0.1) is 13.2 Å². The Bertz CT molecular complexity index is 677. The van der Waals surface area contributed by atoms with E-state index in [2.05, 4.69) is 15.6 Å². The second kappa shape index (κ2) is 12.1. The molecule has 1 atom stereocenters. The van der Waals surface area contributed by atoms with E-state index in [-0.39, 0.29) is 48.2 Å². The molecule has 1 aromatic rings. The zero-order chi connectivity index (χ0) is 20.7. The van der Waals surface area contributed by atoms with E-state index in [1.165, 1.54) is 25.3 Å². The number of rotatable bonds is 5. The van der Waals surface area contributed by atoms with Crippen molar-refractivity contribution in [2.24, 2.45) is 4.99 Å². The van der Waals surface area contributed by atoms with Gasteiger partial charge in [0.15, 0.2) is 5.96 Å². The second-order valence-electron chi connectivity index (χ2n) is 6.94. The van der Waals surface area contributed by atoms with Crippen LogP contribution < -0.4 is 10.6 Å². The van der Waals surface area contributed by atoms with Crippen LogP contribution in [0.1, 0.15) is 24.4 Å². The smallest absolute Gasteiger partial charge is 0.409 e. The highest BCUT2D eigenvalue weighted by molar-refractivity contribution is 14.0. The predicted octanol–water partition coefficient (Wildman–Crippen LogP) is 2.58. The lowest BCUT2D eigenvalue weighted by Crippen LogP contribution is -2.50. The van der Waals surface area contributed by atoms with E-state index in [0.717, 1.165) is 12.8 Å². The average Bonchev–Trinajstić information content (AvgIpc) is 2.68. The number of nitrogens with one attached hydrogen (secondary N) is 2. The summed E-state index contributed by atoms with van der Waals surface area (Å²) in [6.45, 7) is 1.48. The molecule has 1 aliphatic rings. The number of hydrogen-bond acceptors (Lipinski definition) is 4. The van der Waals surface area contributed by atoms with Gasteiger partial charge in [0.2, 0.25) is 0 Å². The Morgan fingerprint density at radius 2 is 1.90 bits per heavy atom. The van der Waals surface area contributed by atoms with Crippen molar-refractivity contribution < 1.29 is 18.3 Å². The molecule has 1 saturated heterocycles. The van der Waals surface area contributed by atoms with E-state index in [1.807, 2.05) is 0 Å². The number of halogens is 3. The Labute approximate surface area is 187 Å². The number of benzene rings is 1. The Morgan fingerprint density at radius 1 is 1.31 bits per heavy atom. The third kappa shape index (κ3) is 6.95. The molecular weight excluding hydrogens is 495 g/mol. The summed E-state index contributed by atoms with van der Waals surface area (Å²) in [7, 11) is 6.57. The summed E-state index contributed by atoms with van der Waals surface area (Å²) in [5.74, 6) is -0.586. The van der Waals surface area contributed by atoms with Crippen LogP contribution in [0.4, 0.5) is 13.6 Å². The van der Waals surface area contributed by atoms with Crippen molar-refractivity contribution in [3.8, 4) is 0 Å². The molecule has 0 saturated carbocycles. The van der Waals surface area contributed by atoms with Crippen molar-refractivity contribution in [3.63, 3.8) is 0 Å². The second-order valence-corrected chi connectivity index (χ2v) is 6.94. The lowest BCUT2D eigenvalue weighted by atomic mass is 10.0. The molecule has 0 radical (unpaired) electrons. The van der Waals surface area contributed by atoms with Gasteiger partial charge in [0.25, 0.3) is 0 Å². The molecule has 29 heavy (non-hydrogen) atoms. The van der Waals surface area contributed by atoms with Crippen molar-refractivity contribution in [1.29, 1.82) is 0 Å². The molecule has 0 bridgehead atoms. The lowest BCUT2D eigenvalue weighted by Gasteiger charge is -2.32. The first kappa shape index (κ1) is 25.3. The highest BCUT2D eigenvalue weighted by Gasteiger charge is 2.25. The fraction of sp³-hybridized carbons (Fsp3) is 0.579. The molecule has 0 spiro atoms. The first-order chi connectivity index (χ1) is 13.4. The van der Waals surface area contributed by atoms with Crippen LogP contribution in [0.15, 0.2) is 23.2 Å². The molecule has 7 nitrogen and oxygen atoms in total. The van der Waals surface area contributed by atoms with Crippen LogP contribution in [0, 0.1) is 11.6 Å². The summed E-state index contributed by atoms with van der Waals surface area (Å²) in [5.41, 5.74) is 0.0295. The van der Waals surface area contributed by atoms with Crippen LogP contribution in [0.3, 0.4) is 0 Å². The van der Waals surface area contributed by atoms with Crippen molar-refractivity contribution in [1.82, 2.24) is 20.4 Å². The third-order valence-electron chi connectivity index (χ3n) is 4.91. The minimum Gasteiger partial charge on any atom is -0.453 e. The maximum atomic E-state index is 14.2. The number of likely N-dealkylation sites (N-methyl/N-ethyl adjacent to an activating group) is 1. The van der Waals surface area contributed by atoms with Gasteiger partial charge in [-0.15, -0.1) is 24.0 Å². The number of carbonyl (C=O) groups is 1. The topological polar surface area (TPSA) is 69.2 Å². The summed E-state index contributed by atoms with van der Waals surface area (Å²) in [4.78, 5) is 19.2. The van der Waals surface area contributed by atoms with Crippen molar-refractivity contribution >= 4 is 36.0 Å². The van der Waals surface area contributed by atoms with Gasteiger partial charge in [0.1, 0.15) is 11.6 Å². The van der Waals surface area contributed by atoms with Gasteiger partial charge < -0.3 is 25.2 Å². The van der Waals surface area contributed by atoms with Gasteiger partial charge >= 0.3 is 6.09 Å². The van der Waals surface area contributed by atoms with Crippen molar-refractivity contribution in [2.45, 2.75) is 24.9 Å². The maximum absolute atomic E-state index is 14.2. The van der Waals surface area contributed by atoms with Crippen molar-refractivity contribution in [2.75, 3.05) is 47.9 Å². The number of aliphatic imine (C=N–C) groups is 1. The molecule has 2 rings (SSSR count). The first-order valence-electron chi connectivity index (χ1n) is 9.27. The number of guanidine groups is 1. The maximum Gasteiger partial charge on any atom is 0.409 e. The standard InChI is InChI=1S/C19H29F2N5O2.HI/c1-22-18(24-13-8-10-26(11-9-13)19(27)28-4)23-12-16(25(2)3)17-14(20)6-5-7-15(17)21;/h5-7,13,16H,8-12H2,1-4H3,(H2,22,23,24);1H. The van der Waals surface area contributed by atoms with E-state index >= 15 is 0 Å². The highest BCUT2D eigenvalue weighted by Crippen LogP contribution is 2.23. The molecule has 10 heteroatoms. The molecule has 164 valence electrons. The first-order valence-corrected chi connectivity index (χ1v) is 9.27. The van der Waals surface area contributed by atoms with Crippen LogP contribution in [-0.2, 0) is 4.74 Å². The average molecular weight is 525 g/mol. The van der Waals surface area contributed by atoms with Crippen LogP contribution >= 0.6 is 24.0 Å². The molecule has 0 aromatic heterocycles. The molecule has 0 aliphatic carbocycles. The highest BCUT2D eigenvalue weighted by atomic mass is 127. The molecule has 2 N–H and O–H groups in total. The summed E-state index contributed by atoms with van der Waals surface area (Å²) >= 11 is 0. The number of carbonyl (C=O) groups excluding carboxylic acids is 1.